The fourth-order valence-corrected chi connectivity index (χ4v) is 3.37. The fourth-order valence-electron chi connectivity index (χ4n) is 2.79. The average Bonchev–Trinajstić information content (AvgIpc) is 2.69. The summed E-state index contributed by atoms with van der Waals surface area (Å²) >= 11 is 11.6. The first-order chi connectivity index (χ1) is 14.7. The molecule has 31 heavy (non-hydrogen) atoms. The molecule has 0 saturated carbocycles. The first-order valence-electron chi connectivity index (χ1n) is 9.15. The Bertz CT molecular complexity index is 1100. The van der Waals surface area contributed by atoms with Gasteiger partial charge in [0, 0.05) is 31.2 Å². The number of hydrogen-bond donors (Lipinski definition) is 3. The number of thiocarbonyl (C=S) groups is 1. The molecule has 0 bridgehead atoms. The molecule has 0 aliphatic rings. The zero-order chi connectivity index (χ0) is 22.5. The van der Waals surface area contributed by atoms with Crippen LogP contribution in [0.5, 0.6) is 0 Å². The van der Waals surface area contributed by atoms with Crippen LogP contribution in [0.1, 0.15) is 10.4 Å². The predicted molar refractivity (Wildman–Crippen MR) is 126 cm³/mol. The van der Waals surface area contributed by atoms with E-state index in [9.17, 15) is 13.6 Å². The van der Waals surface area contributed by atoms with Crippen molar-refractivity contribution in [2.24, 2.45) is 0 Å². The second-order valence-corrected chi connectivity index (χ2v) is 7.58. The maximum absolute atomic E-state index is 13.7. The van der Waals surface area contributed by atoms with E-state index in [2.05, 4.69) is 16.0 Å². The van der Waals surface area contributed by atoms with Crippen molar-refractivity contribution in [1.29, 1.82) is 0 Å². The Morgan fingerprint density at radius 2 is 1.39 bits per heavy atom. The first-order valence-corrected chi connectivity index (χ1v) is 9.93. The highest BCUT2D eigenvalue weighted by molar-refractivity contribution is 7.80. The summed E-state index contributed by atoms with van der Waals surface area (Å²) < 4.78 is 27.5. The molecule has 0 saturated heterocycles. The van der Waals surface area contributed by atoms with E-state index in [4.69, 9.17) is 23.8 Å². The van der Waals surface area contributed by atoms with Crippen LogP contribution >= 0.6 is 23.8 Å². The van der Waals surface area contributed by atoms with Gasteiger partial charge in [0.15, 0.2) is 5.11 Å². The molecule has 3 N–H and O–H groups in total. The quantitative estimate of drug-likeness (QED) is 0.423. The fraction of sp³-hybridized carbons (Fsp3) is 0.0909. The number of hydrogen-bond acceptors (Lipinski definition) is 3. The van der Waals surface area contributed by atoms with Crippen molar-refractivity contribution in [3.05, 3.63) is 82.9 Å². The van der Waals surface area contributed by atoms with E-state index in [1.807, 2.05) is 31.1 Å². The lowest BCUT2D eigenvalue weighted by molar-refractivity contribution is 0.101. The van der Waals surface area contributed by atoms with E-state index in [1.165, 1.54) is 6.07 Å². The Labute approximate surface area is 189 Å². The van der Waals surface area contributed by atoms with Crippen molar-refractivity contribution in [3.63, 3.8) is 0 Å². The van der Waals surface area contributed by atoms with Crippen LogP contribution in [-0.4, -0.2) is 25.1 Å². The number of rotatable bonds is 5. The molecule has 0 unspecified atom stereocenters. The number of nitrogens with one attached hydrogen (secondary N) is 3. The summed E-state index contributed by atoms with van der Waals surface area (Å²) in [5.41, 5.74) is 2.02. The van der Waals surface area contributed by atoms with Crippen LogP contribution in [0.15, 0.2) is 60.7 Å². The molecule has 0 aromatic heterocycles. The smallest absolute Gasteiger partial charge is 0.261 e. The molecular weight excluding hydrogens is 442 g/mol. The Morgan fingerprint density at radius 1 is 0.871 bits per heavy atom. The SMILES string of the molecule is CN(C)c1ccc(NC(=S)Nc2ccc(NC(=O)c3c(F)cccc3F)cc2)cc1Cl. The number of nitrogens with zero attached hydrogens (tertiary/aromatic N) is 1. The second-order valence-electron chi connectivity index (χ2n) is 6.77. The number of carbonyl (C=O) groups excluding carboxylic acids is 1. The molecular formula is C22H19ClF2N4OS. The summed E-state index contributed by atoms with van der Waals surface area (Å²) in [6.07, 6.45) is 0. The Kier molecular flexibility index (Phi) is 7.04. The zero-order valence-corrected chi connectivity index (χ0v) is 18.2. The maximum Gasteiger partial charge on any atom is 0.261 e. The predicted octanol–water partition coefficient (Wildman–Crippen LogP) is 5.75. The van der Waals surface area contributed by atoms with Crippen molar-refractivity contribution in [3.8, 4) is 0 Å². The van der Waals surface area contributed by atoms with E-state index < -0.39 is 23.1 Å². The number of carbonyl (C=O) groups is 1. The number of benzene rings is 3. The summed E-state index contributed by atoms with van der Waals surface area (Å²) in [4.78, 5) is 14.1. The molecule has 0 aliphatic heterocycles. The van der Waals surface area contributed by atoms with Gasteiger partial charge in [-0.15, -0.1) is 0 Å². The molecule has 3 aromatic carbocycles. The third-order valence-corrected chi connectivity index (χ3v) is 4.78. The highest BCUT2D eigenvalue weighted by atomic mass is 35.5. The van der Waals surface area contributed by atoms with Gasteiger partial charge >= 0.3 is 0 Å². The first kappa shape index (κ1) is 22.5. The minimum Gasteiger partial charge on any atom is -0.376 e. The monoisotopic (exact) mass is 460 g/mol. The molecule has 0 spiro atoms. The summed E-state index contributed by atoms with van der Waals surface area (Å²) in [5, 5.41) is 9.45. The molecule has 0 atom stereocenters. The van der Waals surface area contributed by atoms with Gasteiger partial charge in [0.2, 0.25) is 0 Å². The van der Waals surface area contributed by atoms with Crippen LogP contribution in [0.4, 0.5) is 31.5 Å². The summed E-state index contributed by atoms with van der Waals surface area (Å²) in [6, 6.07) is 15.3. The van der Waals surface area contributed by atoms with Crippen LogP contribution in [0, 0.1) is 11.6 Å². The second kappa shape index (κ2) is 9.72. The van der Waals surface area contributed by atoms with Crippen LogP contribution in [0.3, 0.4) is 0 Å². The minimum atomic E-state index is -0.925. The molecule has 0 fully saturated rings. The van der Waals surface area contributed by atoms with Gasteiger partial charge in [-0.1, -0.05) is 17.7 Å². The van der Waals surface area contributed by atoms with Crippen molar-refractivity contribution in [2.45, 2.75) is 0 Å². The van der Waals surface area contributed by atoms with Gasteiger partial charge < -0.3 is 20.9 Å². The zero-order valence-electron chi connectivity index (χ0n) is 16.7. The van der Waals surface area contributed by atoms with Crippen molar-refractivity contribution in [2.75, 3.05) is 34.9 Å². The van der Waals surface area contributed by atoms with Crippen molar-refractivity contribution >= 4 is 57.6 Å². The molecule has 5 nitrogen and oxygen atoms in total. The van der Waals surface area contributed by atoms with Crippen molar-refractivity contribution < 1.29 is 13.6 Å². The van der Waals surface area contributed by atoms with Gasteiger partial charge in [-0.05, 0) is 66.8 Å². The lowest BCUT2D eigenvalue weighted by Gasteiger charge is -2.16. The van der Waals surface area contributed by atoms with E-state index >= 15 is 0 Å². The van der Waals surface area contributed by atoms with Gasteiger partial charge in [0.05, 0.1) is 10.7 Å². The van der Waals surface area contributed by atoms with Crippen LogP contribution in [-0.2, 0) is 0 Å². The molecule has 0 heterocycles. The Balaban J connectivity index is 1.61. The van der Waals surface area contributed by atoms with E-state index in [0.29, 0.717) is 21.5 Å². The van der Waals surface area contributed by atoms with Crippen LogP contribution in [0.2, 0.25) is 5.02 Å². The van der Waals surface area contributed by atoms with Gasteiger partial charge in [-0.2, -0.15) is 0 Å². The number of amides is 1. The Hall–Kier alpha value is -3.23. The summed E-state index contributed by atoms with van der Waals surface area (Å²) in [6.45, 7) is 0. The highest BCUT2D eigenvalue weighted by Crippen LogP contribution is 2.27. The molecule has 0 aliphatic carbocycles. The minimum absolute atomic E-state index is 0.346. The van der Waals surface area contributed by atoms with E-state index in [-0.39, 0.29) is 0 Å². The third kappa shape index (κ3) is 5.68. The normalized spacial score (nSPS) is 10.4. The van der Waals surface area contributed by atoms with Gasteiger partial charge in [0.25, 0.3) is 5.91 Å². The third-order valence-electron chi connectivity index (χ3n) is 4.28. The Morgan fingerprint density at radius 3 is 1.94 bits per heavy atom. The molecule has 3 aromatic rings. The topological polar surface area (TPSA) is 56.4 Å². The summed E-state index contributed by atoms with van der Waals surface area (Å²) in [5.74, 6) is -2.72. The molecule has 160 valence electrons. The van der Waals surface area contributed by atoms with E-state index in [0.717, 1.165) is 23.5 Å². The molecule has 1 amide bonds. The molecule has 3 rings (SSSR count). The van der Waals surface area contributed by atoms with Crippen LogP contribution in [0.25, 0.3) is 0 Å². The largest absolute Gasteiger partial charge is 0.376 e. The lowest BCUT2D eigenvalue weighted by atomic mass is 10.1. The maximum atomic E-state index is 13.7. The summed E-state index contributed by atoms with van der Waals surface area (Å²) in [7, 11) is 3.80. The average molecular weight is 461 g/mol. The van der Waals surface area contributed by atoms with Crippen molar-refractivity contribution in [1.82, 2.24) is 0 Å². The number of halogens is 3. The lowest BCUT2D eigenvalue weighted by Crippen LogP contribution is -2.19. The van der Waals surface area contributed by atoms with Gasteiger partial charge in [0.1, 0.15) is 17.2 Å². The standard InChI is InChI=1S/C22H19ClF2N4OS/c1-29(2)19-11-10-15(12-16(19)23)28-22(31)27-14-8-6-13(7-9-14)26-21(30)20-17(24)4-3-5-18(20)25/h3-12H,1-2H3,(H,26,30)(H2,27,28,31). The van der Waals surface area contributed by atoms with Gasteiger partial charge in [-0.25, -0.2) is 8.78 Å². The van der Waals surface area contributed by atoms with E-state index in [1.54, 1.807) is 30.3 Å². The van der Waals surface area contributed by atoms with Crippen LogP contribution < -0.4 is 20.9 Å². The molecule has 9 heteroatoms. The molecule has 0 radical (unpaired) electrons. The highest BCUT2D eigenvalue weighted by Gasteiger charge is 2.17. The number of anilines is 4. The van der Waals surface area contributed by atoms with Gasteiger partial charge in [-0.3, -0.25) is 4.79 Å².